The van der Waals surface area contributed by atoms with Gasteiger partial charge >= 0.3 is 14.4 Å². The van der Waals surface area contributed by atoms with Crippen LogP contribution >= 0.6 is 0 Å². The van der Waals surface area contributed by atoms with Gasteiger partial charge in [0.15, 0.2) is 0 Å². The lowest BCUT2D eigenvalue weighted by Crippen LogP contribution is -2.20. The first-order chi connectivity index (χ1) is 2.27. The van der Waals surface area contributed by atoms with E-state index in [4.69, 9.17) is 15.1 Å². The van der Waals surface area contributed by atoms with Crippen molar-refractivity contribution >= 4 is 14.4 Å². The number of hydrogen-bond donors (Lipinski definition) is 3. The van der Waals surface area contributed by atoms with Gasteiger partial charge in [0.2, 0.25) is 0 Å². The molecule has 0 saturated carbocycles. The van der Waals surface area contributed by atoms with Gasteiger partial charge in [-0.15, -0.1) is 0 Å². The van der Waals surface area contributed by atoms with Gasteiger partial charge < -0.3 is 15.1 Å². The Hall–Kier alpha value is 0.00987. The minimum absolute atomic E-state index is 0.583. The van der Waals surface area contributed by atoms with Crippen LogP contribution in [0.4, 0.5) is 0 Å². The van der Waals surface area contributed by atoms with E-state index in [1.54, 1.807) is 0 Å². The van der Waals surface area contributed by atoms with E-state index in [-0.39, 0.29) is 0 Å². The van der Waals surface area contributed by atoms with Gasteiger partial charge in [-0.1, -0.05) is 0 Å². The Bertz CT molecular complexity index is 18.9. The molecular formula is H4B2O3. The van der Waals surface area contributed by atoms with Gasteiger partial charge in [-0.2, -0.15) is 0 Å². The second kappa shape index (κ2) is 2.26. The lowest BCUT2D eigenvalue weighted by atomic mass is 9.58. The van der Waals surface area contributed by atoms with E-state index >= 15 is 0 Å². The molecule has 0 aliphatic rings. The van der Waals surface area contributed by atoms with Crippen LogP contribution in [-0.2, 0) is 0 Å². The summed E-state index contributed by atoms with van der Waals surface area (Å²) in [6.45, 7) is 0. The maximum atomic E-state index is 7.67. The Morgan fingerprint density at radius 3 is 1.60 bits per heavy atom. The predicted octanol–water partition coefficient (Wildman–Crippen LogP) is -2.70. The highest BCUT2D eigenvalue weighted by atomic mass is 16.4. The molecule has 0 saturated heterocycles. The molecule has 0 aliphatic heterocycles. The monoisotopic (exact) mass is 74.0 g/mol. The smallest absolute Gasteiger partial charge is 0.434 e. The minimum Gasteiger partial charge on any atom is -0.455 e. The molecule has 3 N–H and O–H groups in total. The quantitative estimate of drug-likeness (QED) is 0.296. The Kier molecular flexibility index (Phi) is 2.26. The second-order valence-corrected chi connectivity index (χ2v) is 0.663. The fourth-order valence-corrected chi connectivity index (χ4v) is 0. The van der Waals surface area contributed by atoms with Crippen molar-refractivity contribution in [2.45, 2.75) is 0 Å². The average Bonchev–Trinajstić information content (AvgIpc) is 1.38. The summed E-state index contributed by atoms with van der Waals surface area (Å²) in [5.74, 6) is 0. The summed E-state index contributed by atoms with van der Waals surface area (Å²) in [4.78, 5) is 0. The lowest BCUT2D eigenvalue weighted by molar-refractivity contribution is 0.423. The molecule has 0 radical (unpaired) electrons. The van der Waals surface area contributed by atoms with E-state index in [2.05, 4.69) is 0 Å². The maximum absolute atomic E-state index is 7.67. The Morgan fingerprint density at radius 2 is 1.60 bits per heavy atom. The van der Waals surface area contributed by atoms with Gasteiger partial charge in [0, 0.05) is 0 Å². The largest absolute Gasteiger partial charge is 0.455 e. The summed E-state index contributed by atoms with van der Waals surface area (Å²) in [6, 6.07) is 0. The molecule has 0 amide bonds. The molecule has 0 aromatic carbocycles. The van der Waals surface area contributed by atoms with Crippen LogP contribution in [0, 0.1) is 0 Å². The Balaban J connectivity index is 2.54. The van der Waals surface area contributed by atoms with Crippen molar-refractivity contribution in [2.24, 2.45) is 0 Å². The molecular weight excluding hydrogens is 69.6 g/mol. The van der Waals surface area contributed by atoms with Gasteiger partial charge in [0.05, 0.1) is 0 Å². The Labute approximate surface area is 30.7 Å². The second-order valence-electron chi connectivity index (χ2n) is 0.663. The first-order valence-electron chi connectivity index (χ1n) is 1.24. The third-order valence-electron chi connectivity index (χ3n) is 0.163. The zero-order valence-electron chi connectivity index (χ0n) is 2.63. The molecule has 0 aromatic heterocycles. The third kappa shape index (κ3) is 4.01. The first-order valence-corrected chi connectivity index (χ1v) is 1.24. The van der Waals surface area contributed by atoms with Crippen LogP contribution in [0.1, 0.15) is 0 Å². The summed E-state index contributed by atoms with van der Waals surface area (Å²) in [6.07, 6.45) is 0. The number of rotatable bonds is 1. The van der Waals surface area contributed by atoms with Crippen molar-refractivity contribution in [2.75, 3.05) is 0 Å². The molecule has 0 fully saturated rings. The van der Waals surface area contributed by atoms with E-state index in [1.165, 1.54) is 0 Å². The van der Waals surface area contributed by atoms with Crippen molar-refractivity contribution < 1.29 is 15.1 Å². The van der Waals surface area contributed by atoms with E-state index < -0.39 is 14.4 Å². The molecule has 0 bridgehead atoms. The van der Waals surface area contributed by atoms with Crippen molar-refractivity contribution in [1.82, 2.24) is 0 Å². The highest BCUT2D eigenvalue weighted by Crippen LogP contribution is 1.50. The maximum Gasteiger partial charge on any atom is 0.434 e. The fourth-order valence-electron chi connectivity index (χ4n) is 0. The third-order valence-corrected chi connectivity index (χ3v) is 0.163. The molecule has 0 atom stereocenters. The highest BCUT2D eigenvalue weighted by molar-refractivity contribution is 7.00. The Morgan fingerprint density at radius 1 is 1.40 bits per heavy atom. The highest BCUT2D eigenvalue weighted by Gasteiger charge is 2.02. The number of hydrogen-bond acceptors (Lipinski definition) is 3. The van der Waals surface area contributed by atoms with E-state index in [1.807, 2.05) is 0 Å². The molecule has 0 rings (SSSR count). The molecule has 0 unspecified atom stereocenters. The van der Waals surface area contributed by atoms with Crippen LogP contribution in [-0.4, -0.2) is 29.5 Å². The molecule has 0 aliphatic carbocycles. The van der Waals surface area contributed by atoms with Crippen LogP contribution in [0.2, 0.25) is 0 Å². The molecule has 0 heterocycles. The molecule has 3 nitrogen and oxygen atoms in total. The fraction of sp³-hybridized carbons (Fsp3) is 0. The van der Waals surface area contributed by atoms with E-state index in [0.29, 0.717) is 0 Å². The van der Waals surface area contributed by atoms with E-state index in [9.17, 15) is 0 Å². The summed E-state index contributed by atoms with van der Waals surface area (Å²) in [5, 5.41) is 23.0. The standard InChI is InChI=1S/B2H4O3/c3-1-2(4)5/h1,3-5H. The molecule has 0 spiro atoms. The minimum atomic E-state index is -1.56. The normalized spacial score (nSPS) is 7.00. The van der Waals surface area contributed by atoms with Gasteiger partial charge in [-0.25, -0.2) is 0 Å². The molecule has 5 heavy (non-hydrogen) atoms. The molecule has 0 aromatic rings. The predicted molar refractivity (Wildman–Crippen MR) is 19.6 cm³/mol. The van der Waals surface area contributed by atoms with Crippen molar-refractivity contribution in [3.05, 3.63) is 0 Å². The van der Waals surface area contributed by atoms with Crippen molar-refractivity contribution in [3.8, 4) is 0 Å². The van der Waals surface area contributed by atoms with Gasteiger partial charge in [0.1, 0.15) is 0 Å². The average molecular weight is 73.7 g/mol. The van der Waals surface area contributed by atoms with Crippen LogP contribution in [0.5, 0.6) is 0 Å². The zero-order valence-corrected chi connectivity index (χ0v) is 2.63. The van der Waals surface area contributed by atoms with Gasteiger partial charge in [-0.05, 0) is 0 Å². The summed E-state index contributed by atoms with van der Waals surface area (Å²) >= 11 is 0. The van der Waals surface area contributed by atoms with Crippen LogP contribution in [0.25, 0.3) is 0 Å². The van der Waals surface area contributed by atoms with Crippen molar-refractivity contribution in [1.29, 1.82) is 0 Å². The summed E-state index contributed by atoms with van der Waals surface area (Å²) in [7, 11) is -2.14. The lowest BCUT2D eigenvalue weighted by Gasteiger charge is -1.78. The van der Waals surface area contributed by atoms with Gasteiger partial charge in [-0.3, -0.25) is 0 Å². The van der Waals surface area contributed by atoms with Gasteiger partial charge in [0.25, 0.3) is 0 Å². The SMILES string of the molecule is OBB(O)O. The van der Waals surface area contributed by atoms with Crippen LogP contribution in [0.15, 0.2) is 0 Å². The van der Waals surface area contributed by atoms with Crippen LogP contribution in [0.3, 0.4) is 0 Å². The van der Waals surface area contributed by atoms with Crippen molar-refractivity contribution in [3.63, 3.8) is 0 Å². The molecule has 28 valence electrons. The zero-order chi connectivity index (χ0) is 4.28. The summed E-state index contributed by atoms with van der Waals surface area (Å²) in [5.41, 5.74) is 0. The van der Waals surface area contributed by atoms with Crippen LogP contribution < -0.4 is 0 Å². The summed E-state index contributed by atoms with van der Waals surface area (Å²) < 4.78 is 0. The topological polar surface area (TPSA) is 60.7 Å². The molecule has 5 heteroatoms. The first kappa shape index (κ1) is 5.01. The van der Waals surface area contributed by atoms with E-state index in [0.717, 1.165) is 0 Å².